The molecule has 0 radical (unpaired) electrons. The molecule has 1 aromatic rings. The van der Waals surface area contributed by atoms with Gasteiger partial charge in [-0.3, -0.25) is 3.71 Å². The van der Waals surface area contributed by atoms with Gasteiger partial charge in [-0.25, -0.2) is 4.39 Å². The molecule has 0 bridgehead atoms. The van der Waals surface area contributed by atoms with E-state index in [1.807, 2.05) is 13.8 Å². The summed E-state index contributed by atoms with van der Waals surface area (Å²) in [6.45, 7) is 14.8. The third-order valence-corrected chi connectivity index (χ3v) is 3.05. The summed E-state index contributed by atoms with van der Waals surface area (Å²) in [5.74, 6) is -0.0290. The normalized spacial score (nSPS) is 11.8. The fourth-order valence-electron chi connectivity index (χ4n) is 1.52. The lowest BCUT2D eigenvalue weighted by atomic mass is 10.2. The highest BCUT2D eigenvalue weighted by atomic mass is 32.2. The molecule has 0 aliphatic rings. The zero-order chi connectivity index (χ0) is 16.2. The van der Waals surface area contributed by atoms with Crippen molar-refractivity contribution in [3.8, 4) is 0 Å². The van der Waals surface area contributed by atoms with Crippen molar-refractivity contribution < 1.29 is 8.81 Å². The first-order chi connectivity index (χ1) is 9.72. The maximum absolute atomic E-state index is 12.6. The second-order valence-electron chi connectivity index (χ2n) is 4.62. The first kappa shape index (κ1) is 17.5. The molecule has 0 saturated heterocycles. The van der Waals surface area contributed by atoms with E-state index in [9.17, 15) is 4.39 Å². The van der Waals surface area contributed by atoms with Crippen LogP contribution in [-0.4, -0.2) is 3.71 Å². The summed E-state index contributed by atoms with van der Waals surface area (Å²) >= 11 is 8.33. The monoisotopic (exact) mass is 323 g/mol. The van der Waals surface area contributed by atoms with Gasteiger partial charge in [0.15, 0.2) is 0 Å². The van der Waals surface area contributed by atoms with Crippen LogP contribution in [0.2, 0.25) is 0 Å². The Labute approximate surface area is 135 Å². The summed E-state index contributed by atoms with van der Waals surface area (Å²) in [5.41, 5.74) is 2.91. The average Bonchev–Trinajstić information content (AvgIpc) is 2.73. The van der Waals surface area contributed by atoms with Crippen LogP contribution in [0.15, 0.2) is 52.9 Å². The number of nitrogens with zero attached hydrogens (tertiary/aromatic N) is 1. The molecule has 112 valence electrons. The van der Waals surface area contributed by atoms with Gasteiger partial charge >= 0.3 is 0 Å². The number of allylic oxidation sites excluding steroid dienone is 6. The van der Waals surface area contributed by atoms with Crippen LogP contribution >= 0.6 is 25.6 Å². The van der Waals surface area contributed by atoms with Gasteiger partial charge in [-0.2, -0.15) is 0 Å². The molecule has 1 aromatic heterocycles. The molecular weight excluding hydrogens is 305 g/mol. The third kappa shape index (κ3) is 5.02. The molecule has 0 saturated carbocycles. The Bertz CT molecular complexity index is 722. The molecule has 0 fully saturated rings. The minimum absolute atomic E-state index is 0.515. The number of hydrogen-bond donors (Lipinski definition) is 2. The Morgan fingerprint density at radius 1 is 1.29 bits per heavy atom. The van der Waals surface area contributed by atoms with Crippen LogP contribution in [0, 0.1) is 0 Å². The topological polar surface area (TPSA) is 16.4 Å². The molecule has 0 aromatic carbocycles. The Morgan fingerprint density at radius 2 is 1.90 bits per heavy atom. The molecule has 0 aliphatic heterocycles. The predicted octanol–water partition coefficient (Wildman–Crippen LogP) is 3.81. The van der Waals surface area contributed by atoms with Gasteiger partial charge < -0.3 is 4.42 Å². The van der Waals surface area contributed by atoms with E-state index in [0.717, 1.165) is 11.3 Å². The van der Waals surface area contributed by atoms with Gasteiger partial charge in [0.25, 0.3) is 0 Å². The molecule has 0 spiro atoms. The van der Waals surface area contributed by atoms with Crippen LogP contribution in [0.1, 0.15) is 19.6 Å². The fraction of sp³-hybridized carbons (Fsp3) is 0.125. The average molecular weight is 323 g/mol. The van der Waals surface area contributed by atoms with Crippen molar-refractivity contribution in [3.05, 3.63) is 64.9 Å². The van der Waals surface area contributed by atoms with E-state index in [4.69, 9.17) is 4.42 Å². The van der Waals surface area contributed by atoms with Gasteiger partial charge in [0.1, 0.15) is 17.0 Å². The van der Waals surface area contributed by atoms with Gasteiger partial charge in [-0.1, -0.05) is 50.9 Å². The summed E-state index contributed by atoms with van der Waals surface area (Å²) < 4.78 is 19.7. The van der Waals surface area contributed by atoms with Gasteiger partial charge in [-0.05, 0) is 32.1 Å². The molecule has 0 aliphatic carbocycles. The summed E-state index contributed by atoms with van der Waals surface area (Å²) in [6.07, 6.45) is 4.50. The van der Waals surface area contributed by atoms with E-state index in [-0.39, 0.29) is 0 Å². The van der Waals surface area contributed by atoms with Crippen molar-refractivity contribution in [1.29, 1.82) is 0 Å². The molecule has 0 N–H and O–H groups in total. The summed E-state index contributed by atoms with van der Waals surface area (Å²) in [5, 5.41) is 0.695. The number of thiol groups is 2. The number of halogens is 1. The Kier molecular flexibility index (Phi) is 6.18. The second-order valence-corrected chi connectivity index (χ2v) is 5.74. The van der Waals surface area contributed by atoms with Crippen molar-refractivity contribution in [2.45, 2.75) is 13.8 Å². The lowest BCUT2D eigenvalue weighted by Gasteiger charge is -2.11. The van der Waals surface area contributed by atoms with Crippen molar-refractivity contribution in [3.63, 3.8) is 0 Å². The van der Waals surface area contributed by atoms with E-state index in [0.29, 0.717) is 22.0 Å². The molecule has 1 heterocycles. The zero-order valence-electron chi connectivity index (χ0n) is 12.1. The molecule has 2 nitrogen and oxygen atoms in total. The Balaban J connectivity index is 3.26. The highest BCUT2D eigenvalue weighted by Gasteiger charge is 2.05. The lowest BCUT2D eigenvalue weighted by Crippen LogP contribution is -2.18. The van der Waals surface area contributed by atoms with Crippen LogP contribution in [-0.2, 0) is 0 Å². The molecule has 0 atom stereocenters. The predicted molar refractivity (Wildman–Crippen MR) is 94.6 cm³/mol. The van der Waals surface area contributed by atoms with Gasteiger partial charge in [-0.15, -0.1) is 0 Å². The molecule has 1 rings (SSSR count). The van der Waals surface area contributed by atoms with Crippen molar-refractivity contribution in [1.82, 2.24) is 3.71 Å². The van der Waals surface area contributed by atoms with E-state index >= 15 is 0 Å². The summed E-state index contributed by atoms with van der Waals surface area (Å²) in [7, 11) is 0. The summed E-state index contributed by atoms with van der Waals surface area (Å²) in [4.78, 5) is 0. The standard InChI is InChI=1S/C16H18FNOS2/c1-10(2)14(18(20)21)9-16-12(4)8-15(19-16)11(3)6-7-13(5)17/h6-9,20-21H,3-5H2,1-2H3/b7-6-,16-9+. The van der Waals surface area contributed by atoms with Crippen LogP contribution in [0.4, 0.5) is 4.39 Å². The van der Waals surface area contributed by atoms with Crippen LogP contribution in [0.5, 0.6) is 0 Å². The minimum Gasteiger partial charge on any atom is -0.456 e. The molecule has 0 unspecified atom stereocenters. The Hall–Kier alpha value is -1.59. The summed E-state index contributed by atoms with van der Waals surface area (Å²) in [6, 6.07) is 1.74. The Morgan fingerprint density at radius 3 is 2.38 bits per heavy atom. The van der Waals surface area contributed by atoms with E-state index in [1.165, 1.54) is 15.9 Å². The molecule has 21 heavy (non-hydrogen) atoms. The SMILES string of the molecule is C=C(F)/C=C\C(=C)c1cc(=C)/c(=C\C(=C(C)C)N(S)S)o1. The van der Waals surface area contributed by atoms with Crippen LogP contribution in [0.25, 0.3) is 18.2 Å². The largest absolute Gasteiger partial charge is 0.456 e. The zero-order valence-corrected chi connectivity index (χ0v) is 13.8. The molecule has 5 heteroatoms. The van der Waals surface area contributed by atoms with Crippen molar-refractivity contribution in [2.24, 2.45) is 0 Å². The van der Waals surface area contributed by atoms with Crippen molar-refractivity contribution in [2.75, 3.05) is 0 Å². The van der Waals surface area contributed by atoms with Gasteiger partial charge in [0.05, 0.1) is 5.70 Å². The van der Waals surface area contributed by atoms with Crippen LogP contribution in [0.3, 0.4) is 0 Å². The first-order valence-electron chi connectivity index (χ1n) is 6.10. The van der Waals surface area contributed by atoms with Crippen molar-refractivity contribution >= 4 is 43.9 Å². The van der Waals surface area contributed by atoms with E-state index in [2.05, 4.69) is 45.4 Å². The number of furan rings is 1. The first-order valence-corrected chi connectivity index (χ1v) is 6.90. The molecular formula is C16H18FNOS2. The second kappa shape index (κ2) is 7.43. The van der Waals surface area contributed by atoms with Crippen LogP contribution < -0.4 is 10.6 Å². The molecule has 0 amide bonds. The lowest BCUT2D eigenvalue weighted by molar-refractivity contribution is 0.519. The minimum atomic E-state index is -0.544. The quantitative estimate of drug-likeness (QED) is 0.633. The highest BCUT2D eigenvalue weighted by molar-refractivity contribution is 7.93. The maximum Gasteiger partial charge on any atom is 0.136 e. The van der Waals surface area contributed by atoms with E-state index in [1.54, 1.807) is 12.1 Å². The highest BCUT2D eigenvalue weighted by Crippen LogP contribution is 2.17. The maximum atomic E-state index is 12.6. The number of rotatable bonds is 5. The van der Waals surface area contributed by atoms with Gasteiger partial charge in [0, 0.05) is 16.9 Å². The fourth-order valence-corrected chi connectivity index (χ4v) is 2.04. The van der Waals surface area contributed by atoms with Gasteiger partial charge in [0.2, 0.25) is 0 Å². The third-order valence-electron chi connectivity index (χ3n) is 2.62. The smallest absolute Gasteiger partial charge is 0.136 e. The van der Waals surface area contributed by atoms with E-state index < -0.39 is 5.83 Å². The number of hydrogen-bond acceptors (Lipinski definition) is 4.